The molecule has 27 heavy (non-hydrogen) atoms. The minimum Gasteiger partial charge on any atom is -0.407 e. The lowest BCUT2D eigenvalue weighted by molar-refractivity contribution is -0.384. The Kier molecular flexibility index (Phi) is 5.60. The molecular formula is C18H18N4O5. The molecule has 1 amide bonds. The highest BCUT2D eigenvalue weighted by Gasteiger charge is 2.14. The first-order chi connectivity index (χ1) is 13.0. The van der Waals surface area contributed by atoms with Gasteiger partial charge >= 0.3 is 5.76 Å². The van der Waals surface area contributed by atoms with E-state index in [1.54, 1.807) is 6.20 Å². The molecule has 0 saturated heterocycles. The van der Waals surface area contributed by atoms with E-state index in [1.807, 2.05) is 18.2 Å². The number of amides is 1. The molecule has 0 unspecified atom stereocenters. The first-order valence-corrected chi connectivity index (χ1v) is 8.49. The highest BCUT2D eigenvalue weighted by Crippen LogP contribution is 2.20. The molecular weight excluding hydrogens is 352 g/mol. The average molecular weight is 370 g/mol. The van der Waals surface area contributed by atoms with Crippen molar-refractivity contribution in [3.63, 3.8) is 0 Å². The van der Waals surface area contributed by atoms with Gasteiger partial charge in [-0.15, -0.1) is 0 Å². The molecule has 2 heterocycles. The molecule has 1 aromatic carbocycles. The fourth-order valence-electron chi connectivity index (χ4n) is 2.74. The van der Waals surface area contributed by atoms with Gasteiger partial charge in [-0.05, 0) is 24.6 Å². The van der Waals surface area contributed by atoms with Gasteiger partial charge in [-0.3, -0.25) is 24.5 Å². The highest BCUT2D eigenvalue weighted by atomic mass is 16.6. The summed E-state index contributed by atoms with van der Waals surface area (Å²) >= 11 is 0. The molecule has 0 fully saturated rings. The molecule has 1 N–H and O–H groups in total. The van der Waals surface area contributed by atoms with Gasteiger partial charge in [-0.1, -0.05) is 6.07 Å². The maximum Gasteiger partial charge on any atom is 0.419 e. The van der Waals surface area contributed by atoms with Crippen LogP contribution in [-0.2, 0) is 17.8 Å². The smallest absolute Gasteiger partial charge is 0.407 e. The summed E-state index contributed by atoms with van der Waals surface area (Å²) in [7, 11) is 0. The van der Waals surface area contributed by atoms with E-state index in [0.717, 1.165) is 5.69 Å². The van der Waals surface area contributed by atoms with Crippen LogP contribution in [0.5, 0.6) is 0 Å². The Bertz CT molecular complexity index is 1010. The van der Waals surface area contributed by atoms with Crippen molar-refractivity contribution in [2.45, 2.75) is 25.8 Å². The number of nitrogens with one attached hydrogen (secondary N) is 1. The van der Waals surface area contributed by atoms with Gasteiger partial charge in [0.25, 0.3) is 5.69 Å². The highest BCUT2D eigenvalue weighted by molar-refractivity contribution is 5.76. The third-order valence-electron chi connectivity index (χ3n) is 4.08. The maximum atomic E-state index is 11.9. The van der Waals surface area contributed by atoms with E-state index in [4.69, 9.17) is 4.42 Å². The summed E-state index contributed by atoms with van der Waals surface area (Å²) in [6, 6.07) is 9.64. The van der Waals surface area contributed by atoms with Gasteiger partial charge in [0.2, 0.25) is 5.91 Å². The third-order valence-corrected chi connectivity index (χ3v) is 4.08. The van der Waals surface area contributed by atoms with Crippen molar-refractivity contribution in [1.29, 1.82) is 0 Å². The Morgan fingerprint density at radius 2 is 2.15 bits per heavy atom. The zero-order valence-corrected chi connectivity index (χ0v) is 14.5. The number of hydrogen-bond acceptors (Lipinski definition) is 6. The molecule has 0 aliphatic carbocycles. The number of hydrogen-bond donors (Lipinski definition) is 1. The summed E-state index contributed by atoms with van der Waals surface area (Å²) in [6.07, 6.45) is 3.06. The molecule has 3 rings (SSSR count). The monoisotopic (exact) mass is 370 g/mol. The zero-order chi connectivity index (χ0) is 19.2. The molecule has 0 aliphatic rings. The van der Waals surface area contributed by atoms with E-state index in [-0.39, 0.29) is 30.1 Å². The van der Waals surface area contributed by atoms with Crippen molar-refractivity contribution in [3.05, 3.63) is 69.0 Å². The molecule has 0 saturated carbocycles. The molecule has 140 valence electrons. The number of carbonyl (C=O) groups excluding carboxylic acids is 1. The Balaban J connectivity index is 1.51. The minimum atomic E-state index is -0.596. The molecule has 0 radical (unpaired) electrons. The molecule has 2 aromatic heterocycles. The number of nitro groups is 1. The summed E-state index contributed by atoms with van der Waals surface area (Å²) in [5.41, 5.74) is 1.40. The van der Waals surface area contributed by atoms with Crippen LogP contribution < -0.4 is 11.1 Å². The lowest BCUT2D eigenvalue weighted by Crippen LogP contribution is -2.26. The molecule has 9 heteroatoms. The quantitative estimate of drug-likeness (QED) is 0.478. The Hall–Kier alpha value is -3.49. The first kappa shape index (κ1) is 18.3. The molecule has 0 spiro atoms. The van der Waals surface area contributed by atoms with Crippen molar-refractivity contribution in [3.8, 4) is 0 Å². The van der Waals surface area contributed by atoms with Crippen LogP contribution >= 0.6 is 0 Å². The summed E-state index contributed by atoms with van der Waals surface area (Å²) in [5, 5.41) is 13.6. The van der Waals surface area contributed by atoms with Crippen LogP contribution in [0.25, 0.3) is 11.1 Å². The van der Waals surface area contributed by atoms with Gasteiger partial charge < -0.3 is 9.73 Å². The second kappa shape index (κ2) is 8.26. The van der Waals surface area contributed by atoms with E-state index in [1.165, 1.54) is 22.8 Å². The van der Waals surface area contributed by atoms with E-state index in [2.05, 4.69) is 10.3 Å². The van der Waals surface area contributed by atoms with Crippen LogP contribution in [0.2, 0.25) is 0 Å². The van der Waals surface area contributed by atoms with Crippen molar-refractivity contribution in [2.24, 2.45) is 0 Å². The number of aromatic nitrogens is 2. The summed E-state index contributed by atoms with van der Waals surface area (Å²) in [6.45, 7) is 0.783. The second-order valence-corrected chi connectivity index (χ2v) is 5.95. The van der Waals surface area contributed by atoms with Crippen LogP contribution in [-0.4, -0.2) is 26.9 Å². The number of pyridine rings is 1. The van der Waals surface area contributed by atoms with Crippen LogP contribution in [0.15, 0.2) is 51.8 Å². The number of carbonyl (C=O) groups is 1. The Morgan fingerprint density at radius 3 is 2.89 bits per heavy atom. The number of benzene rings is 1. The van der Waals surface area contributed by atoms with E-state index in [0.29, 0.717) is 24.9 Å². The topological polar surface area (TPSA) is 120 Å². The largest absolute Gasteiger partial charge is 0.419 e. The fraction of sp³-hybridized carbons (Fsp3) is 0.278. The van der Waals surface area contributed by atoms with E-state index >= 15 is 0 Å². The van der Waals surface area contributed by atoms with Crippen LogP contribution in [0, 0.1) is 10.1 Å². The normalized spacial score (nSPS) is 10.8. The van der Waals surface area contributed by atoms with Crippen molar-refractivity contribution in [2.75, 3.05) is 6.54 Å². The third kappa shape index (κ3) is 4.57. The van der Waals surface area contributed by atoms with Crippen LogP contribution in [0.3, 0.4) is 0 Å². The number of oxazole rings is 1. The predicted molar refractivity (Wildman–Crippen MR) is 97.3 cm³/mol. The summed E-state index contributed by atoms with van der Waals surface area (Å²) in [5.74, 6) is -0.705. The summed E-state index contributed by atoms with van der Waals surface area (Å²) in [4.78, 5) is 38.3. The van der Waals surface area contributed by atoms with Crippen molar-refractivity contribution >= 4 is 22.7 Å². The van der Waals surface area contributed by atoms with Crippen molar-refractivity contribution in [1.82, 2.24) is 14.9 Å². The van der Waals surface area contributed by atoms with Gasteiger partial charge in [-0.2, -0.15) is 0 Å². The molecule has 0 aliphatic heterocycles. The number of fused-ring (bicyclic) bond motifs is 1. The number of rotatable bonds is 8. The summed E-state index contributed by atoms with van der Waals surface area (Å²) < 4.78 is 6.43. The molecule has 0 bridgehead atoms. The minimum absolute atomic E-state index is 0.109. The van der Waals surface area contributed by atoms with Gasteiger partial charge in [0, 0.05) is 43.9 Å². The van der Waals surface area contributed by atoms with Gasteiger partial charge in [0.05, 0.1) is 16.5 Å². The molecule has 3 aromatic rings. The zero-order valence-electron chi connectivity index (χ0n) is 14.5. The second-order valence-electron chi connectivity index (χ2n) is 5.95. The standard InChI is InChI=1S/C18H18N4O5/c23-17(20-10-8-13-4-1-2-9-19-13)5-3-11-21-15-7-6-14(22(25)26)12-16(15)27-18(21)24/h1-2,4,6-7,9,12H,3,5,8,10-11H2,(H,20,23). The number of aryl methyl sites for hydroxylation is 1. The Morgan fingerprint density at radius 1 is 1.30 bits per heavy atom. The van der Waals surface area contributed by atoms with Crippen molar-refractivity contribution < 1.29 is 14.1 Å². The number of non-ortho nitro benzene ring substituents is 1. The number of nitrogens with zero attached hydrogens (tertiary/aromatic N) is 3. The van der Waals surface area contributed by atoms with E-state index < -0.39 is 10.7 Å². The Labute approximate surface area is 153 Å². The van der Waals surface area contributed by atoms with Gasteiger partial charge in [-0.25, -0.2) is 4.79 Å². The SMILES string of the molecule is O=C(CCCn1c(=O)oc2cc([N+](=O)[O-])ccc21)NCCc1ccccn1. The molecule has 0 atom stereocenters. The fourth-order valence-corrected chi connectivity index (χ4v) is 2.74. The predicted octanol–water partition coefficient (Wildman–Crippen LogP) is 2.04. The lowest BCUT2D eigenvalue weighted by Gasteiger charge is -2.05. The van der Waals surface area contributed by atoms with Gasteiger partial charge in [0.15, 0.2) is 5.58 Å². The first-order valence-electron chi connectivity index (χ1n) is 8.49. The van der Waals surface area contributed by atoms with Crippen LogP contribution in [0.1, 0.15) is 18.5 Å². The lowest BCUT2D eigenvalue weighted by atomic mass is 10.2. The van der Waals surface area contributed by atoms with Crippen LogP contribution in [0.4, 0.5) is 5.69 Å². The average Bonchev–Trinajstić information content (AvgIpc) is 2.97. The maximum absolute atomic E-state index is 11.9. The van der Waals surface area contributed by atoms with Gasteiger partial charge in [0.1, 0.15) is 0 Å². The number of nitro benzene ring substituents is 1. The van der Waals surface area contributed by atoms with E-state index in [9.17, 15) is 19.7 Å². The molecule has 9 nitrogen and oxygen atoms in total.